The molecule has 0 aliphatic heterocycles. The van der Waals surface area contributed by atoms with Crippen molar-refractivity contribution in [3.05, 3.63) is 36.7 Å². The number of hydrogen-bond acceptors (Lipinski definition) is 4. The number of carbonyl (C=O) groups is 1. The Kier molecular flexibility index (Phi) is 4.94. The van der Waals surface area contributed by atoms with Crippen LogP contribution in [0.5, 0.6) is 5.75 Å². The Morgan fingerprint density at radius 3 is 2.95 bits per heavy atom. The van der Waals surface area contributed by atoms with Gasteiger partial charge in [-0.05, 0) is 24.6 Å². The fourth-order valence-corrected chi connectivity index (χ4v) is 1.80. The van der Waals surface area contributed by atoms with Crippen LogP contribution in [0.25, 0.3) is 11.1 Å². The molecule has 0 saturated heterocycles. The van der Waals surface area contributed by atoms with Gasteiger partial charge in [-0.25, -0.2) is 0 Å². The molecular weight excluding hydrogens is 270 g/mol. The van der Waals surface area contributed by atoms with Crippen molar-refractivity contribution in [2.45, 2.75) is 13.0 Å². The number of hydrogen-bond donors (Lipinski definition) is 2. The maximum absolute atomic E-state index is 11.5. The maximum Gasteiger partial charge on any atom is 0.258 e. The maximum atomic E-state index is 11.5. The van der Waals surface area contributed by atoms with Gasteiger partial charge in [0.05, 0.1) is 12.3 Å². The molecular formula is C15H19N3O3. The van der Waals surface area contributed by atoms with Gasteiger partial charge < -0.3 is 15.2 Å². The Bertz CT molecular complexity index is 608. The van der Waals surface area contributed by atoms with E-state index in [1.165, 1.54) is 0 Å². The topological polar surface area (TPSA) is 76.4 Å². The number of nitrogens with zero attached hydrogens (tertiary/aromatic N) is 2. The third kappa shape index (κ3) is 4.61. The molecule has 0 aliphatic rings. The lowest BCUT2D eigenvalue weighted by atomic mass is 10.1. The van der Waals surface area contributed by atoms with Gasteiger partial charge in [0.15, 0.2) is 6.61 Å². The normalized spacial score (nSPS) is 12.0. The average Bonchev–Trinajstić information content (AvgIpc) is 2.90. The van der Waals surface area contributed by atoms with Crippen LogP contribution < -0.4 is 10.1 Å². The van der Waals surface area contributed by atoms with E-state index in [2.05, 4.69) is 10.4 Å². The van der Waals surface area contributed by atoms with Gasteiger partial charge in [0.2, 0.25) is 0 Å². The predicted octanol–water partition coefficient (Wildman–Crippen LogP) is 0.963. The second-order valence-electron chi connectivity index (χ2n) is 4.87. The number of amides is 1. The zero-order valence-corrected chi connectivity index (χ0v) is 12.1. The van der Waals surface area contributed by atoms with Crippen LogP contribution in [0.4, 0.5) is 0 Å². The first kappa shape index (κ1) is 15.1. The van der Waals surface area contributed by atoms with Crippen LogP contribution in [0.2, 0.25) is 0 Å². The summed E-state index contributed by atoms with van der Waals surface area (Å²) in [4.78, 5) is 11.5. The lowest BCUT2D eigenvalue weighted by molar-refractivity contribution is -0.123. The zero-order valence-electron chi connectivity index (χ0n) is 12.1. The van der Waals surface area contributed by atoms with Crippen molar-refractivity contribution in [3.63, 3.8) is 0 Å². The average molecular weight is 289 g/mol. The van der Waals surface area contributed by atoms with E-state index in [9.17, 15) is 4.79 Å². The molecule has 1 amide bonds. The van der Waals surface area contributed by atoms with Crippen molar-refractivity contribution in [3.8, 4) is 16.9 Å². The lowest BCUT2D eigenvalue weighted by Crippen LogP contribution is -2.34. The Morgan fingerprint density at radius 2 is 2.29 bits per heavy atom. The highest BCUT2D eigenvalue weighted by Gasteiger charge is 2.06. The second kappa shape index (κ2) is 6.90. The van der Waals surface area contributed by atoms with Crippen LogP contribution in [0.1, 0.15) is 6.92 Å². The summed E-state index contributed by atoms with van der Waals surface area (Å²) in [7, 11) is 1.86. The van der Waals surface area contributed by atoms with Crippen molar-refractivity contribution < 1.29 is 14.6 Å². The summed E-state index contributed by atoms with van der Waals surface area (Å²) in [5.74, 6) is 0.353. The van der Waals surface area contributed by atoms with Crippen LogP contribution in [-0.4, -0.2) is 40.0 Å². The first-order valence-corrected chi connectivity index (χ1v) is 6.71. The standard InChI is InChI=1S/C15H19N3O3/c1-11(19)7-16-15(20)10-21-14-5-3-4-12(6-14)13-8-17-18(2)9-13/h3-6,8-9,11,19H,7,10H2,1-2H3,(H,16,20). The number of carbonyl (C=O) groups excluding carboxylic acids is 1. The number of rotatable bonds is 6. The molecule has 2 N–H and O–H groups in total. The third-order valence-electron chi connectivity index (χ3n) is 2.84. The summed E-state index contributed by atoms with van der Waals surface area (Å²) < 4.78 is 7.18. The van der Waals surface area contributed by atoms with Gasteiger partial charge in [0.25, 0.3) is 5.91 Å². The smallest absolute Gasteiger partial charge is 0.258 e. The molecule has 2 rings (SSSR count). The zero-order chi connectivity index (χ0) is 15.2. The SMILES string of the molecule is CC(O)CNC(=O)COc1cccc(-c2cnn(C)c2)c1. The van der Waals surface area contributed by atoms with Crippen molar-refractivity contribution in [2.24, 2.45) is 7.05 Å². The van der Waals surface area contributed by atoms with E-state index in [1.54, 1.807) is 23.9 Å². The minimum absolute atomic E-state index is 0.0801. The van der Waals surface area contributed by atoms with Crippen LogP contribution in [0.15, 0.2) is 36.7 Å². The molecule has 1 atom stereocenters. The molecule has 1 unspecified atom stereocenters. The highest BCUT2D eigenvalue weighted by Crippen LogP contribution is 2.23. The fourth-order valence-electron chi connectivity index (χ4n) is 1.80. The van der Waals surface area contributed by atoms with Gasteiger partial charge in [-0.2, -0.15) is 5.10 Å². The molecule has 0 spiro atoms. The van der Waals surface area contributed by atoms with E-state index in [0.29, 0.717) is 5.75 Å². The van der Waals surface area contributed by atoms with Crippen molar-refractivity contribution >= 4 is 5.91 Å². The molecule has 1 aromatic heterocycles. The lowest BCUT2D eigenvalue weighted by Gasteiger charge is -2.09. The molecule has 6 nitrogen and oxygen atoms in total. The predicted molar refractivity (Wildman–Crippen MR) is 78.8 cm³/mol. The minimum Gasteiger partial charge on any atom is -0.484 e. The van der Waals surface area contributed by atoms with Gasteiger partial charge >= 0.3 is 0 Å². The molecule has 0 aliphatic carbocycles. The van der Waals surface area contributed by atoms with E-state index in [0.717, 1.165) is 11.1 Å². The fraction of sp³-hybridized carbons (Fsp3) is 0.333. The second-order valence-corrected chi connectivity index (χ2v) is 4.87. The van der Waals surface area contributed by atoms with E-state index in [-0.39, 0.29) is 19.1 Å². The third-order valence-corrected chi connectivity index (χ3v) is 2.84. The minimum atomic E-state index is -0.567. The summed E-state index contributed by atoms with van der Waals surface area (Å²) in [6, 6.07) is 7.48. The van der Waals surface area contributed by atoms with Crippen LogP contribution in [0, 0.1) is 0 Å². The van der Waals surface area contributed by atoms with E-state index in [4.69, 9.17) is 9.84 Å². The van der Waals surface area contributed by atoms with E-state index in [1.807, 2.05) is 31.4 Å². The molecule has 6 heteroatoms. The number of nitrogens with one attached hydrogen (secondary N) is 1. The number of aliphatic hydroxyl groups is 1. The van der Waals surface area contributed by atoms with Crippen LogP contribution >= 0.6 is 0 Å². The first-order valence-electron chi connectivity index (χ1n) is 6.71. The van der Waals surface area contributed by atoms with Crippen LogP contribution in [-0.2, 0) is 11.8 Å². The summed E-state index contributed by atoms with van der Waals surface area (Å²) in [5.41, 5.74) is 1.96. The Hall–Kier alpha value is -2.34. The molecule has 21 heavy (non-hydrogen) atoms. The van der Waals surface area contributed by atoms with E-state index >= 15 is 0 Å². The van der Waals surface area contributed by atoms with Crippen molar-refractivity contribution in [2.75, 3.05) is 13.2 Å². The number of aryl methyl sites for hydroxylation is 1. The van der Waals surface area contributed by atoms with Gasteiger partial charge in [0, 0.05) is 25.4 Å². The van der Waals surface area contributed by atoms with Gasteiger partial charge in [-0.3, -0.25) is 9.48 Å². The summed E-state index contributed by atoms with van der Waals surface area (Å²) in [6.45, 7) is 1.75. The van der Waals surface area contributed by atoms with E-state index < -0.39 is 6.10 Å². The van der Waals surface area contributed by atoms with Crippen LogP contribution in [0.3, 0.4) is 0 Å². The summed E-state index contributed by atoms with van der Waals surface area (Å²) >= 11 is 0. The molecule has 112 valence electrons. The quantitative estimate of drug-likeness (QED) is 0.830. The number of ether oxygens (including phenoxy) is 1. The molecule has 0 radical (unpaired) electrons. The Labute approximate surface area is 123 Å². The van der Waals surface area contributed by atoms with Gasteiger partial charge in [0.1, 0.15) is 5.75 Å². The molecule has 0 saturated carbocycles. The molecule has 0 fully saturated rings. The Morgan fingerprint density at radius 1 is 1.48 bits per heavy atom. The molecule has 0 bridgehead atoms. The summed E-state index contributed by atoms with van der Waals surface area (Å²) in [6.07, 6.45) is 3.12. The highest BCUT2D eigenvalue weighted by molar-refractivity contribution is 5.77. The summed E-state index contributed by atoms with van der Waals surface area (Å²) in [5, 5.41) is 15.8. The molecule has 1 heterocycles. The van der Waals surface area contributed by atoms with Crippen molar-refractivity contribution in [1.82, 2.24) is 15.1 Å². The Balaban J connectivity index is 1.94. The highest BCUT2D eigenvalue weighted by atomic mass is 16.5. The van der Waals surface area contributed by atoms with Gasteiger partial charge in [-0.15, -0.1) is 0 Å². The number of benzene rings is 1. The molecule has 2 aromatic rings. The number of aliphatic hydroxyl groups excluding tert-OH is 1. The largest absolute Gasteiger partial charge is 0.484 e. The monoisotopic (exact) mass is 289 g/mol. The molecule has 1 aromatic carbocycles. The number of aromatic nitrogens is 2. The van der Waals surface area contributed by atoms with Gasteiger partial charge in [-0.1, -0.05) is 12.1 Å². The first-order chi connectivity index (χ1) is 10.0. The van der Waals surface area contributed by atoms with Crippen molar-refractivity contribution in [1.29, 1.82) is 0 Å².